The molecule has 1 amide bonds. The van der Waals surface area contributed by atoms with Crippen molar-refractivity contribution < 1.29 is 9.53 Å². The Balaban J connectivity index is 1.86. The molecular weight excluding hydrogens is 250 g/mol. The van der Waals surface area contributed by atoms with Gasteiger partial charge in [-0.25, -0.2) is 0 Å². The van der Waals surface area contributed by atoms with Crippen molar-refractivity contribution in [3.63, 3.8) is 0 Å². The molecule has 2 rings (SSSR count). The lowest BCUT2D eigenvalue weighted by Crippen LogP contribution is -2.33. The highest BCUT2D eigenvalue weighted by molar-refractivity contribution is 6.30. The number of carbonyl (C=O) groups excluding carboxylic acids is 1. The maximum Gasteiger partial charge on any atom is 0.226 e. The summed E-state index contributed by atoms with van der Waals surface area (Å²) in [6.07, 6.45) is 1.46. The van der Waals surface area contributed by atoms with E-state index < -0.39 is 0 Å². The average molecular weight is 268 g/mol. The molecule has 0 bridgehead atoms. The van der Waals surface area contributed by atoms with Gasteiger partial charge in [-0.2, -0.15) is 0 Å². The molecule has 1 aromatic carbocycles. The van der Waals surface area contributed by atoms with Crippen LogP contribution in [0.3, 0.4) is 0 Å². The van der Waals surface area contributed by atoms with E-state index in [0.717, 1.165) is 31.7 Å². The van der Waals surface area contributed by atoms with Crippen molar-refractivity contribution in [3.05, 3.63) is 34.9 Å². The molecule has 4 heteroatoms. The third kappa shape index (κ3) is 3.72. The number of halogens is 1. The van der Waals surface area contributed by atoms with E-state index in [4.69, 9.17) is 16.3 Å². The monoisotopic (exact) mass is 267 g/mol. The molecule has 1 atom stereocenters. The first kappa shape index (κ1) is 13.4. The van der Waals surface area contributed by atoms with Crippen LogP contribution in [0.5, 0.6) is 0 Å². The Morgan fingerprint density at radius 3 is 3.06 bits per heavy atom. The molecule has 0 saturated carbocycles. The first-order valence-electron chi connectivity index (χ1n) is 6.21. The van der Waals surface area contributed by atoms with Crippen molar-refractivity contribution in [2.75, 3.05) is 26.8 Å². The zero-order chi connectivity index (χ0) is 13.0. The molecule has 1 fully saturated rings. The molecule has 0 spiro atoms. The molecule has 3 nitrogen and oxygen atoms in total. The fourth-order valence-electron chi connectivity index (χ4n) is 2.17. The second kappa shape index (κ2) is 6.21. The molecule has 0 aromatic heterocycles. The number of hydrogen-bond donors (Lipinski definition) is 0. The predicted octanol–water partition coefficient (Wildman–Crippen LogP) is 2.38. The number of hydrogen-bond acceptors (Lipinski definition) is 2. The molecule has 0 radical (unpaired) electrons. The van der Waals surface area contributed by atoms with Crippen LogP contribution in [-0.2, 0) is 16.0 Å². The van der Waals surface area contributed by atoms with Gasteiger partial charge in [0.1, 0.15) is 0 Å². The Morgan fingerprint density at radius 1 is 1.56 bits per heavy atom. The largest absolute Gasteiger partial charge is 0.381 e. The minimum Gasteiger partial charge on any atom is -0.381 e. The summed E-state index contributed by atoms with van der Waals surface area (Å²) in [5.41, 5.74) is 0.960. The zero-order valence-electron chi connectivity index (χ0n) is 10.6. The Labute approximate surface area is 113 Å². The van der Waals surface area contributed by atoms with E-state index in [1.807, 2.05) is 31.3 Å². The van der Waals surface area contributed by atoms with Crippen molar-refractivity contribution in [2.24, 2.45) is 5.92 Å². The zero-order valence-corrected chi connectivity index (χ0v) is 11.3. The lowest BCUT2D eigenvalue weighted by Gasteiger charge is -2.20. The van der Waals surface area contributed by atoms with Gasteiger partial charge in [0, 0.05) is 31.1 Å². The topological polar surface area (TPSA) is 29.5 Å². The summed E-state index contributed by atoms with van der Waals surface area (Å²) in [6.45, 7) is 2.37. The lowest BCUT2D eigenvalue weighted by atomic mass is 10.1. The summed E-state index contributed by atoms with van der Waals surface area (Å²) in [7, 11) is 1.85. The van der Waals surface area contributed by atoms with Crippen LogP contribution < -0.4 is 0 Å². The smallest absolute Gasteiger partial charge is 0.226 e. The summed E-state index contributed by atoms with van der Waals surface area (Å²) in [5.74, 6) is 0.613. The third-order valence-corrected chi connectivity index (χ3v) is 3.46. The van der Waals surface area contributed by atoms with Gasteiger partial charge >= 0.3 is 0 Å². The molecule has 1 aliphatic heterocycles. The van der Waals surface area contributed by atoms with Gasteiger partial charge in [0.05, 0.1) is 13.0 Å². The first-order chi connectivity index (χ1) is 8.65. The maximum absolute atomic E-state index is 12.1. The van der Waals surface area contributed by atoms with Gasteiger partial charge in [-0.05, 0) is 24.1 Å². The van der Waals surface area contributed by atoms with Crippen LogP contribution in [-0.4, -0.2) is 37.6 Å². The molecular formula is C14H18ClNO2. The Bertz CT molecular complexity index is 416. The summed E-state index contributed by atoms with van der Waals surface area (Å²) >= 11 is 5.90. The highest BCUT2D eigenvalue weighted by Gasteiger charge is 2.20. The average Bonchev–Trinajstić information content (AvgIpc) is 2.81. The van der Waals surface area contributed by atoms with Crippen molar-refractivity contribution >= 4 is 17.5 Å². The maximum atomic E-state index is 12.1. The van der Waals surface area contributed by atoms with Crippen LogP contribution in [0.4, 0.5) is 0 Å². The third-order valence-electron chi connectivity index (χ3n) is 3.23. The Morgan fingerprint density at radius 2 is 2.39 bits per heavy atom. The van der Waals surface area contributed by atoms with Crippen LogP contribution >= 0.6 is 11.6 Å². The van der Waals surface area contributed by atoms with Crippen molar-refractivity contribution in [1.29, 1.82) is 0 Å². The molecule has 0 aliphatic carbocycles. The fraction of sp³-hybridized carbons (Fsp3) is 0.500. The Kier molecular flexibility index (Phi) is 4.61. The van der Waals surface area contributed by atoms with Crippen LogP contribution in [0, 0.1) is 5.92 Å². The fourth-order valence-corrected chi connectivity index (χ4v) is 2.39. The van der Waals surface area contributed by atoms with E-state index in [9.17, 15) is 4.79 Å². The highest BCUT2D eigenvalue weighted by Crippen LogP contribution is 2.15. The number of likely N-dealkylation sites (N-methyl/N-ethyl adjacent to an activating group) is 1. The van der Waals surface area contributed by atoms with E-state index in [1.165, 1.54) is 0 Å². The van der Waals surface area contributed by atoms with Crippen molar-refractivity contribution in [3.8, 4) is 0 Å². The first-order valence-corrected chi connectivity index (χ1v) is 6.59. The van der Waals surface area contributed by atoms with Crippen LogP contribution in [0.2, 0.25) is 5.02 Å². The second-order valence-electron chi connectivity index (χ2n) is 4.81. The van der Waals surface area contributed by atoms with Crippen LogP contribution in [0.25, 0.3) is 0 Å². The van der Waals surface area contributed by atoms with Gasteiger partial charge in [-0.15, -0.1) is 0 Å². The minimum atomic E-state index is 0.129. The normalized spacial score (nSPS) is 18.9. The molecule has 1 unspecified atom stereocenters. The Hall–Kier alpha value is -1.06. The molecule has 0 N–H and O–H groups in total. The summed E-state index contributed by atoms with van der Waals surface area (Å²) in [4.78, 5) is 13.8. The minimum absolute atomic E-state index is 0.129. The van der Waals surface area contributed by atoms with Gasteiger partial charge in [0.15, 0.2) is 0 Å². The van der Waals surface area contributed by atoms with E-state index in [2.05, 4.69) is 0 Å². The van der Waals surface area contributed by atoms with Gasteiger partial charge < -0.3 is 9.64 Å². The standard InChI is InChI=1S/C14H18ClNO2/c1-16(9-12-5-6-18-10-12)14(17)8-11-3-2-4-13(15)7-11/h2-4,7,12H,5-6,8-10H2,1H3. The summed E-state index contributed by atoms with van der Waals surface area (Å²) in [5, 5.41) is 0.673. The van der Waals surface area contributed by atoms with Crippen LogP contribution in [0.1, 0.15) is 12.0 Å². The van der Waals surface area contributed by atoms with Gasteiger partial charge in [-0.1, -0.05) is 23.7 Å². The highest BCUT2D eigenvalue weighted by atomic mass is 35.5. The molecule has 98 valence electrons. The number of carbonyl (C=O) groups is 1. The lowest BCUT2D eigenvalue weighted by molar-refractivity contribution is -0.129. The van der Waals surface area contributed by atoms with Crippen LogP contribution in [0.15, 0.2) is 24.3 Å². The van der Waals surface area contributed by atoms with E-state index in [-0.39, 0.29) is 5.91 Å². The number of rotatable bonds is 4. The molecule has 1 aliphatic rings. The van der Waals surface area contributed by atoms with Crippen molar-refractivity contribution in [2.45, 2.75) is 12.8 Å². The molecule has 18 heavy (non-hydrogen) atoms. The quantitative estimate of drug-likeness (QED) is 0.838. The number of nitrogens with zero attached hydrogens (tertiary/aromatic N) is 1. The molecule has 1 saturated heterocycles. The number of amides is 1. The molecule has 1 aromatic rings. The number of ether oxygens (including phenoxy) is 1. The van der Waals surface area contributed by atoms with Crippen molar-refractivity contribution in [1.82, 2.24) is 4.90 Å². The SMILES string of the molecule is CN(CC1CCOC1)C(=O)Cc1cccc(Cl)c1. The van der Waals surface area contributed by atoms with E-state index in [1.54, 1.807) is 4.90 Å². The predicted molar refractivity (Wildman–Crippen MR) is 71.7 cm³/mol. The van der Waals surface area contributed by atoms with Gasteiger partial charge in [-0.3, -0.25) is 4.79 Å². The second-order valence-corrected chi connectivity index (χ2v) is 5.25. The van der Waals surface area contributed by atoms with E-state index >= 15 is 0 Å². The van der Waals surface area contributed by atoms with E-state index in [0.29, 0.717) is 17.4 Å². The summed E-state index contributed by atoms with van der Waals surface area (Å²) in [6, 6.07) is 7.45. The summed E-state index contributed by atoms with van der Waals surface area (Å²) < 4.78 is 5.32. The van der Waals surface area contributed by atoms with Gasteiger partial charge in [0.25, 0.3) is 0 Å². The molecule has 1 heterocycles. The van der Waals surface area contributed by atoms with Gasteiger partial charge in [0.2, 0.25) is 5.91 Å². The number of benzene rings is 1.